The van der Waals surface area contributed by atoms with E-state index in [9.17, 15) is 0 Å². The van der Waals surface area contributed by atoms with Gasteiger partial charge in [-0.2, -0.15) is 0 Å². The van der Waals surface area contributed by atoms with E-state index < -0.39 is 8.07 Å². The summed E-state index contributed by atoms with van der Waals surface area (Å²) in [4.78, 5) is 14.2. The number of thiazole rings is 2. The number of halogens is 2. The Kier molecular flexibility index (Phi) is 7.62. The average molecular weight is 779 g/mol. The molecule has 0 fully saturated rings. The monoisotopic (exact) mass is 778 g/mol. The summed E-state index contributed by atoms with van der Waals surface area (Å²) >= 11 is 12.4. The van der Waals surface area contributed by atoms with Gasteiger partial charge in [-0.25, -0.2) is 9.97 Å². The second-order valence-corrected chi connectivity index (χ2v) is 22.8. The first kappa shape index (κ1) is 26.7. The van der Waals surface area contributed by atoms with Crippen LogP contribution in [0, 0.1) is 14.1 Å². The van der Waals surface area contributed by atoms with Gasteiger partial charge in [-0.1, -0.05) is 47.6 Å². The van der Waals surface area contributed by atoms with Crippen molar-refractivity contribution in [3.05, 3.63) is 36.3 Å². The average Bonchev–Trinajstić information content (AvgIpc) is 3.56. The second-order valence-electron chi connectivity index (χ2n) is 9.99. The Morgan fingerprint density at radius 1 is 0.657 bits per heavy atom. The number of hydrogen-bond donors (Lipinski definition) is 0. The Morgan fingerprint density at radius 3 is 1.54 bits per heavy atom. The van der Waals surface area contributed by atoms with Gasteiger partial charge in [-0.15, -0.1) is 45.3 Å². The molecule has 2 nitrogen and oxygen atoms in total. The van der Waals surface area contributed by atoms with E-state index in [4.69, 9.17) is 9.97 Å². The maximum absolute atomic E-state index is 5.22. The van der Waals surface area contributed by atoms with E-state index in [2.05, 4.69) is 118 Å². The van der Waals surface area contributed by atoms with E-state index in [0.717, 1.165) is 21.0 Å². The number of aryl methyl sites for hydroxylation is 1. The zero-order valence-corrected chi connectivity index (χ0v) is 29.4. The Hall–Kier alpha value is 0.0769. The molecule has 5 rings (SSSR count). The molecule has 0 saturated carbocycles. The molecule has 0 atom stereocenters. The zero-order valence-electron chi connectivity index (χ0n) is 20.8. The number of aromatic nitrogens is 2. The number of hydrogen-bond acceptors (Lipinski definition) is 6. The standard InChI is InChI=1S/C26H28I2N2S4Si/c1-12(2)35(13(3)4,14(5)6)18-11-10-17(32-18)26-30-22-20(28)23-21(19(27)24(22)34-26)29-25(33-23)16-9-8-15(7)31-16/h8-14H,1-7H3. The molecule has 9 heteroatoms. The van der Waals surface area contributed by atoms with Crippen molar-refractivity contribution in [1.82, 2.24) is 9.97 Å². The van der Waals surface area contributed by atoms with Crippen molar-refractivity contribution < 1.29 is 0 Å². The first-order valence-electron chi connectivity index (χ1n) is 11.8. The van der Waals surface area contributed by atoms with Gasteiger partial charge in [-0.3, -0.25) is 0 Å². The molecule has 5 aromatic rings. The van der Waals surface area contributed by atoms with Gasteiger partial charge in [-0.05, 0) is 91.4 Å². The molecule has 4 aromatic heterocycles. The first-order chi connectivity index (χ1) is 16.5. The minimum absolute atomic E-state index is 0.713. The lowest BCUT2D eigenvalue weighted by Gasteiger charge is -2.42. The summed E-state index contributed by atoms with van der Waals surface area (Å²) in [6, 6.07) is 9.15. The molecular formula is C26H28I2N2S4Si. The fourth-order valence-electron chi connectivity index (χ4n) is 5.75. The molecule has 184 valence electrons. The van der Waals surface area contributed by atoms with Crippen molar-refractivity contribution in [2.24, 2.45) is 0 Å². The van der Waals surface area contributed by atoms with Crippen LogP contribution < -0.4 is 4.50 Å². The summed E-state index contributed by atoms with van der Waals surface area (Å²) in [5.41, 5.74) is 4.40. The molecule has 0 amide bonds. The van der Waals surface area contributed by atoms with Crippen LogP contribution in [0.4, 0.5) is 0 Å². The quantitative estimate of drug-likeness (QED) is 0.127. The second kappa shape index (κ2) is 9.99. The maximum Gasteiger partial charge on any atom is 0.134 e. The van der Waals surface area contributed by atoms with Crippen LogP contribution in [0.5, 0.6) is 0 Å². The van der Waals surface area contributed by atoms with E-state index in [-0.39, 0.29) is 0 Å². The van der Waals surface area contributed by atoms with Crippen LogP contribution in [0.1, 0.15) is 46.4 Å². The van der Waals surface area contributed by atoms with Crippen LogP contribution in [0.15, 0.2) is 24.3 Å². The predicted molar refractivity (Wildman–Crippen MR) is 180 cm³/mol. The van der Waals surface area contributed by atoms with Gasteiger partial charge in [0.15, 0.2) is 0 Å². The van der Waals surface area contributed by atoms with Crippen LogP contribution in [0.3, 0.4) is 0 Å². The van der Waals surface area contributed by atoms with Crippen LogP contribution >= 0.6 is 90.5 Å². The van der Waals surface area contributed by atoms with E-state index >= 15 is 0 Å². The van der Waals surface area contributed by atoms with Crippen molar-refractivity contribution in [3.8, 4) is 19.8 Å². The number of benzene rings is 1. The van der Waals surface area contributed by atoms with Gasteiger partial charge in [0.2, 0.25) is 0 Å². The summed E-state index contributed by atoms with van der Waals surface area (Å²) in [7, 11) is -1.66. The third-order valence-electron chi connectivity index (χ3n) is 7.13. The third-order valence-corrected chi connectivity index (χ3v) is 22.5. The zero-order chi connectivity index (χ0) is 25.2. The molecular weight excluding hydrogens is 750 g/mol. The summed E-state index contributed by atoms with van der Waals surface area (Å²) in [5, 5.41) is 2.27. The Bertz CT molecular complexity index is 1460. The van der Waals surface area contributed by atoms with Crippen molar-refractivity contribution in [3.63, 3.8) is 0 Å². The van der Waals surface area contributed by atoms with Gasteiger partial charge in [0, 0.05) is 4.88 Å². The molecule has 4 heterocycles. The largest absolute Gasteiger partial charge is 0.234 e. The Labute approximate surface area is 251 Å². The lowest BCUT2D eigenvalue weighted by molar-refractivity contribution is 0.837. The van der Waals surface area contributed by atoms with E-state index in [1.54, 1.807) is 15.8 Å². The summed E-state index contributed by atoms with van der Waals surface area (Å²) in [5.74, 6) is 0. The minimum atomic E-state index is -1.66. The fourth-order valence-corrected chi connectivity index (χ4v) is 21.1. The van der Waals surface area contributed by atoms with Crippen molar-refractivity contribution >= 4 is 124 Å². The maximum atomic E-state index is 5.22. The molecule has 0 aliphatic rings. The smallest absolute Gasteiger partial charge is 0.134 e. The number of fused-ring (bicyclic) bond motifs is 2. The molecule has 1 aromatic carbocycles. The predicted octanol–water partition coefficient (Wildman–Crippen LogP) is 10.8. The van der Waals surface area contributed by atoms with E-state index in [1.807, 2.05) is 34.0 Å². The number of thiophene rings is 2. The highest BCUT2D eigenvalue weighted by molar-refractivity contribution is 14.1. The number of nitrogens with zero attached hydrogens (tertiary/aromatic N) is 2. The normalized spacial score (nSPS) is 12.9. The van der Waals surface area contributed by atoms with Crippen LogP contribution in [0.2, 0.25) is 16.6 Å². The Morgan fingerprint density at radius 2 is 1.11 bits per heavy atom. The summed E-state index contributed by atoms with van der Waals surface area (Å²) in [6.07, 6.45) is 0. The molecule has 0 radical (unpaired) electrons. The SMILES string of the molecule is Cc1ccc(-c2nc3c(I)c4sc(-c5ccc([Si](C(C)C)(C(C)C)C(C)C)s5)nc4c(I)c3s2)s1. The highest BCUT2D eigenvalue weighted by Gasteiger charge is 2.45. The molecule has 0 unspecified atom stereocenters. The van der Waals surface area contributed by atoms with Crippen molar-refractivity contribution in [2.75, 3.05) is 0 Å². The Balaban J connectivity index is 1.62. The van der Waals surface area contributed by atoms with E-state index in [0.29, 0.717) is 16.6 Å². The van der Waals surface area contributed by atoms with E-state index in [1.165, 1.54) is 31.2 Å². The van der Waals surface area contributed by atoms with Crippen molar-refractivity contribution in [1.29, 1.82) is 0 Å². The van der Waals surface area contributed by atoms with Gasteiger partial charge >= 0.3 is 0 Å². The van der Waals surface area contributed by atoms with Gasteiger partial charge in [0.05, 0.1) is 37.3 Å². The highest BCUT2D eigenvalue weighted by Crippen LogP contribution is 2.46. The first-order valence-corrected chi connectivity index (χ1v) is 19.5. The summed E-state index contributed by atoms with van der Waals surface area (Å²) < 4.78 is 6.64. The molecule has 0 aliphatic carbocycles. The van der Waals surface area contributed by atoms with Crippen LogP contribution in [-0.4, -0.2) is 18.0 Å². The van der Waals surface area contributed by atoms with Gasteiger partial charge in [0.1, 0.15) is 18.1 Å². The number of rotatable bonds is 6. The topological polar surface area (TPSA) is 25.8 Å². The molecule has 0 aliphatic heterocycles. The molecule has 0 spiro atoms. The van der Waals surface area contributed by atoms with Gasteiger partial charge in [0.25, 0.3) is 0 Å². The lowest BCUT2D eigenvalue weighted by atomic mass is 10.3. The molecule has 35 heavy (non-hydrogen) atoms. The molecule has 0 N–H and O–H groups in total. The highest BCUT2D eigenvalue weighted by atomic mass is 127. The van der Waals surface area contributed by atoms with Gasteiger partial charge < -0.3 is 0 Å². The summed E-state index contributed by atoms with van der Waals surface area (Å²) in [6.45, 7) is 16.8. The third kappa shape index (κ3) is 4.32. The minimum Gasteiger partial charge on any atom is -0.234 e. The van der Waals surface area contributed by atoms with Crippen LogP contribution in [-0.2, 0) is 0 Å². The lowest BCUT2D eigenvalue weighted by Crippen LogP contribution is -2.54. The molecule has 0 saturated heterocycles. The fraction of sp³-hybridized carbons (Fsp3) is 0.385. The van der Waals surface area contributed by atoms with Crippen LogP contribution in [0.25, 0.3) is 40.2 Å². The van der Waals surface area contributed by atoms with Crippen molar-refractivity contribution in [2.45, 2.75) is 65.1 Å². The molecule has 0 bridgehead atoms.